The summed E-state index contributed by atoms with van der Waals surface area (Å²) in [5.41, 5.74) is 6.67. The van der Waals surface area contributed by atoms with Crippen LogP contribution in [0.3, 0.4) is 0 Å². The van der Waals surface area contributed by atoms with Crippen molar-refractivity contribution in [3.63, 3.8) is 0 Å². The van der Waals surface area contributed by atoms with Crippen LogP contribution in [0.5, 0.6) is 11.5 Å². The van der Waals surface area contributed by atoms with Crippen LogP contribution in [-0.4, -0.2) is 19.8 Å². The molecule has 3 nitrogen and oxygen atoms in total. The Bertz CT molecular complexity index is 575. The van der Waals surface area contributed by atoms with Crippen molar-refractivity contribution < 1.29 is 13.9 Å². The number of halogens is 2. The van der Waals surface area contributed by atoms with Gasteiger partial charge in [-0.2, -0.15) is 0 Å². The molecule has 2 N–H and O–H groups in total. The van der Waals surface area contributed by atoms with Gasteiger partial charge in [0.1, 0.15) is 19.0 Å². The molecular weight excluding hydrogens is 337 g/mol. The van der Waals surface area contributed by atoms with E-state index in [1.165, 1.54) is 11.6 Å². The van der Waals surface area contributed by atoms with Crippen LogP contribution in [0, 0.1) is 5.82 Å². The fourth-order valence-electron chi connectivity index (χ4n) is 1.82. The fraction of sp³-hybridized carbons (Fsp3) is 0.250. The number of rotatable bonds is 7. The lowest BCUT2D eigenvalue weighted by Crippen LogP contribution is -2.10. The van der Waals surface area contributed by atoms with E-state index in [0.717, 1.165) is 16.6 Å². The van der Waals surface area contributed by atoms with Crippen LogP contribution >= 0.6 is 15.9 Å². The zero-order valence-electron chi connectivity index (χ0n) is 11.5. The van der Waals surface area contributed by atoms with Crippen molar-refractivity contribution in [2.45, 2.75) is 6.42 Å². The van der Waals surface area contributed by atoms with E-state index < -0.39 is 0 Å². The number of hydrogen-bond acceptors (Lipinski definition) is 3. The van der Waals surface area contributed by atoms with Crippen molar-refractivity contribution in [3.05, 3.63) is 58.3 Å². The molecule has 0 spiro atoms. The van der Waals surface area contributed by atoms with Crippen LogP contribution in [0.4, 0.5) is 4.39 Å². The lowest BCUT2D eigenvalue weighted by atomic mass is 10.1. The quantitative estimate of drug-likeness (QED) is 0.774. The third-order valence-electron chi connectivity index (χ3n) is 2.86. The standard InChI is InChI=1S/C16H17BrFNO2/c17-13-3-6-15(18)16(11-13)21-10-9-20-14-4-1-12(2-5-14)7-8-19/h1-6,11H,7-10,19H2. The Balaban J connectivity index is 1.77. The highest BCUT2D eigenvalue weighted by Gasteiger charge is 2.04. The maximum Gasteiger partial charge on any atom is 0.165 e. The van der Waals surface area contributed by atoms with E-state index in [9.17, 15) is 4.39 Å². The summed E-state index contributed by atoms with van der Waals surface area (Å²) in [6, 6.07) is 12.3. The number of nitrogens with two attached hydrogens (primary N) is 1. The van der Waals surface area contributed by atoms with Gasteiger partial charge < -0.3 is 15.2 Å². The largest absolute Gasteiger partial charge is 0.490 e. The minimum atomic E-state index is -0.385. The van der Waals surface area contributed by atoms with Crippen molar-refractivity contribution in [2.24, 2.45) is 5.73 Å². The second kappa shape index (κ2) is 8.00. The van der Waals surface area contributed by atoms with Crippen molar-refractivity contribution in [1.82, 2.24) is 0 Å². The van der Waals surface area contributed by atoms with Gasteiger partial charge in [-0.25, -0.2) is 4.39 Å². The van der Waals surface area contributed by atoms with Gasteiger partial charge in [0.05, 0.1) is 0 Å². The second-order valence-corrected chi connectivity index (χ2v) is 5.37. The molecule has 0 heterocycles. The van der Waals surface area contributed by atoms with E-state index in [0.29, 0.717) is 13.2 Å². The molecule has 0 saturated heterocycles. The van der Waals surface area contributed by atoms with Crippen LogP contribution < -0.4 is 15.2 Å². The van der Waals surface area contributed by atoms with Gasteiger partial charge in [-0.1, -0.05) is 28.1 Å². The molecule has 2 rings (SSSR count). The minimum Gasteiger partial charge on any atom is -0.490 e. The SMILES string of the molecule is NCCc1ccc(OCCOc2cc(Br)ccc2F)cc1. The number of hydrogen-bond donors (Lipinski definition) is 1. The molecule has 2 aromatic rings. The summed E-state index contributed by atoms with van der Waals surface area (Å²) >= 11 is 3.27. The van der Waals surface area contributed by atoms with E-state index in [1.54, 1.807) is 12.1 Å². The summed E-state index contributed by atoms with van der Waals surface area (Å²) < 4.78 is 25.1. The topological polar surface area (TPSA) is 44.5 Å². The van der Waals surface area contributed by atoms with E-state index >= 15 is 0 Å². The molecule has 0 unspecified atom stereocenters. The number of ether oxygens (including phenoxy) is 2. The average molecular weight is 354 g/mol. The Kier molecular flexibility index (Phi) is 6.02. The van der Waals surface area contributed by atoms with Crippen LogP contribution in [0.1, 0.15) is 5.56 Å². The first-order chi connectivity index (χ1) is 10.2. The molecule has 0 aliphatic carbocycles. The molecule has 0 bridgehead atoms. The molecular formula is C16H17BrFNO2. The van der Waals surface area contributed by atoms with Gasteiger partial charge in [0, 0.05) is 4.47 Å². The Morgan fingerprint density at radius 3 is 2.43 bits per heavy atom. The number of benzene rings is 2. The first-order valence-electron chi connectivity index (χ1n) is 6.68. The monoisotopic (exact) mass is 353 g/mol. The molecule has 0 aliphatic heterocycles. The Morgan fingerprint density at radius 1 is 1.00 bits per heavy atom. The van der Waals surface area contributed by atoms with E-state index in [-0.39, 0.29) is 18.2 Å². The van der Waals surface area contributed by atoms with Crippen LogP contribution in [0.2, 0.25) is 0 Å². The Labute approximate surface area is 132 Å². The van der Waals surface area contributed by atoms with Crippen LogP contribution in [0.25, 0.3) is 0 Å². The molecule has 0 saturated carbocycles. The second-order valence-electron chi connectivity index (χ2n) is 4.45. The van der Waals surface area contributed by atoms with Crippen LogP contribution in [-0.2, 0) is 6.42 Å². The molecule has 0 fully saturated rings. The predicted octanol–water partition coefficient (Wildman–Crippen LogP) is 3.55. The minimum absolute atomic E-state index is 0.214. The molecule has 0 radical (unpaired) electrons. The van der Waals surface area contributed by atoms with E-state index in [4.69, 9.17) is 15.2 Å². The average Bonchev–Trinajstić information content (AvgIpc) is 2.49. The smallest absolute Gasteiger partial charge is 0.165 e. The fourth-order valence-corrected chi connectivity index (χ4v) is 2.16. The highest BCUT2D eigenvalue weighted by Crippen LogP contribution is 2.22. The summed E-state index contributed by atoms with van der Waals surface area (Å²) in [5.74, 6) is 0.588. The normalized spacial score (nSPS) is 10.4. The maximum atomic E-state index is 13.4. The van der Waals surface area contributed by atoms with Crippen molar-refractivity contribution >= 4 is 15.9 Å². The van der Waals surface area contributed by atoms with Gasteiger partial charge in [-0.15, -0.1) is 0 Å². The van der Waals surface area contributed by atoms with Gasteiger partial charge >= 0.3 is 0 Å². The summed E-state index contributed by atoms with van der Waals surface area (Å²) in [5, 5.41) is 0. The zero-order chi connectivity index (χ0) is 15.1. The summed E-state index contributed by atoms with van der Waals surface area (Å²) in [6.07, 6.45) is 0.853. The highest BCUT2D eigenvalue weighted by molar-refractivity contribution is 9.10. The molecule has 0 amide bonds. The van der Waals surface area contributed by atoms with E-state index in [2.05, 4.69) is 15.9 Å². The van der Waals surface area contributed by atoms with Crippen molar-refractivity contribution in [2.75, 3.05) is 19.8 Å². The third-order valence-corrected chi connectivity index (χ3v) is 3.35. The first kappa shape index (κ1) is 15.8. The highest BCUT2D eigenvalue weighted by atomic mass is 79.9. The van der Waals surface area contributed by atoms with Crippen molar-refractivity contribution in [1.29, 1.82) is 0 Å². The van der Waals surface area contributed by atoms with Crippen LogP contribution in [0.15, 0.2) is 46.9 Å². The summed E-state index contributed by atoms with van der Waals surface area (Å²) in [7, 11) is 0. The zero-order valence-corrected chi connectivity index (χ0v) is 13.1. The lowest BCUT2D eigenvalue weighted by molar-refractivity contribution is 0.211. The molecule has 5 heteroatoms. The van der Waals surface area contributed by atoms with Gasteiger partial charge in [0.25, 0.3) is 0 Å². The molecule has 112 valence electrons. The lowest BCUT2D eigenvalue weighted by Gasteiger charge is -2.09. The molecule has 0 aliphatic rings. The molecule has 0 atom stereocenters. The first-order valence-corrected chi connectivity index (χ1v) is 7.48. The summed E-state index contributed by atoms with van der Waals surface area (Å²) in [6.45, 7) is 1.26. The molecule has 2 aromatic carbocycles. The Hall–Kier alpha value is -1.59. The third kappa shape index (κ3) is 5.02. The molecule has 21 heavy (non-hydrogen) atoms. The predicted molar refractivity (Wildman–Crippen MR) is 84.3 cm³/mol. The maximum absolute atomic E-state index is 13.4. The van der Waals surface area contributed by atoms with Gasteiger partial charge in [0.15, 0.2) is 11.6 Å². The van der Waals surface area contributed by atoms with Gasteiger partial charge in [-0.05, 0) is 48.9 Å². The van der Waals surface area contributed by atoms with Gasteiger partial charge in [0.2, 0.25) is 0 Å². The van der Waals surface area contributed by atoms with E-state index in [1.807, 2.05) is 24.3 Å². The molecule has 0 aromatic heterocycles. The summed E-state index contributed by atoms with van der Waals surface area (Å²) in [4.78, 5) is 0. The van der Waals surface area contributed by atoms with Crippen molar-refractivity contribution in [3.8, 4) is 11.5 Å². The Morgan fingerprint density at radius 2 is 1.71 bits per heavy atom. The van der Waals surface area contributed by atoms with Gasteiger partial charge in [-0.3, -0.25) is 0 Å².